The number of H-pyrrole nitrogens is 1. The van der Waals surface area contributed by atoms with Crippen LogP contribution in [-0.4, -0.2) is 91.8 Å². The molecule has 46 heavy (non-hydrogen) atoms. The highest BCUT2D eigenvalue weighted by molar-refractivity contribution is 8.44. The van der Waals surface area contributed by atoms with E-state index >= 15 is 4.39 Å². The number of rotatable bonds is 2. The summed E-state index contributed by atoms with van der Waals surface area (Å²) in [7, 11) is 0. The number of fused-ring (bicyclic) bond motifs is 6. The van der Waals surface area contributed by atoms with Crippen molar-refractivity contribution in [1.29, 1.82) is 0 Å². The number of ether oxygens (including phenoxy) is 1. The van der Waals surface area contributed by atoms with Gasteiger partial charge in [-0.2, -0.15) is 4.98 Å². The molecule has 4 N–H and O–H groups in total. The van der Waals surface area contributed by atoms with Gasteiger partial charge < -0.3 is 25.1 Å². The molecule has 0 aromatic carbocycles. The van der Waals surface area contributed by atoms with Crippen LogP contribution in [0.5, 0.6) is 0 Å². The van der Waals surface area contributed by atoms with E-state index in [1.807, 2.05) is 0 Å². The van der Waals surface area contributed by atoms with Crippen molar-refractivity contribution in [2.45, 2.75) is 55.4 Å². The minimum absolute atomic E-state index is 0.00877. The molecule has 3 fully saturated rings. The molecule has 3 aliphatic rings. The van der Waals surface area contributed by atoms with Gasteiger partial charge in [0.25, 0.3) is 5.56 Å². The maximum absolute atomic E-state index is 16.1. The summed E-state index contributed by atoms with van der Waals surface area (Å²) in [6, 6.07) is -0.939. The number of nitrogens with two attached hydrogens (primary N) is 1. The van der Waals surface area contributed by atoms with Gasteiger partial charge in [-0.1, -0.05) is 24.5 Å². The lowest BCUT2D eigenvalue weighted by Crippen LogP contribution is -2.37. The van der Waals surface area contributed by atoms with Crippen molar-refractivity contribution in [3.8, 4) is 0 Å². The molecule has 0 spiro atoms. The highest BCUT2D eigenvalue weighted by atomic mass is 32.7. The Morgan fingerprint density at radius 3 is 2.59 bits per heavy atom. The molecule has 0 radical (unpaired) electrons. The summed E-state index contributed by atoms with van der Waals surface area (Å²) in [6.45, 7) is -9.41. The first-order valence-corrected chi connectivity index (χ1v) is 19.0. The number of anilines is 1. The summed E-state index contributed by atoms with van der Waals surface area (Å²) in [5.74, 6) is 0.275. The van der Waals surface area contributed by atoms with Crippen LogP contribution < -0.4 is 11.3 Å². The van der Waals surface area contributed by atoms with Gasteiger partial charge in [-0.05, 0) is 0 Å². The number of thiol groups is 2. The zero-order valence-electron chi connectivity index (χ0n) is 23.0. The SMILES string of the molecule is Nc1ncnc2c1ncn2[C@@H]1OC2COP(=O)(S)O[C@@H]3[C@H](O)[C@H](C[C@H]3n3cnc4c(=O)n5cc[nH]c5nc43)OP(=O)(S)O[C@H]2[C@H]1F. The summed E-state index contributed by atoms with van der Waals surface area (Å²) in [5, 5.41) is 11.3. The number of alkyl halides is 1. The standard InChI is InChI=1S/C22H23FN10O9P2S2/c23-11-16-10(39-21(11)33-7-28-12-17(24)26-5-27-18(12)33)4-38-43(36,45)41-15-8(3-9(14(15)34)40-44(37,46)42-16)32-6-29-13-19(32)30-22-25-1-2-31(22)20(13)35/h1-2,5-11,14-16,21,34H,3-4H2,(H,25,30)(H,36,45)(H,37,46)(H2,24,26,27)/t8-,9+,10?,11-,14-,15+,16-,21-,43?,44?/m1/s1. The minimum atomic E-state index is -4.46. The van der Waals surface area contributed by atoms with E-state index < -0.39 is 74.7 Å². The summed E-state index contributed by atoms with van der Waals surface area (Å²) in [6.07, 6.45) is -4.13. The Labute approximate surface area is 266 Å². The average molecular weight is 717 g/mol. The van der Waals surface area contributed by atoms with E-state index in [9.17, 15) is 19.0 Å². The predicted octanol–water partition coefficient (Wildman–Crippen LogP) is 1.60. The molecule has 8 rings (SSSR count). The second-order valence-corrected chi connectivity index (χ2v) is 16.5. The fourth-order valence-electron chi connectivity index (χ4n) is 6.05. The van der Waals surface area contributed by atoms with E-state index in [0.717, 1.165) is 0 Å². The lowest BCUT2D eigenvalue weighted by atomic mass is 10.1. The maximum Gasteiger partial charge on any atom is 0.386 e. The fourth-order valence-corrected chi connectivity index (χ4v) is 9.39. The van der Waals surface area contributed by atoms with Crippen LogP contribution in [0.2, 0.25) is 0 Å². The number of aliphatic hydroxyl groups excluding tert-OH is 1. The van der Waals surface area contributed by atoms with E-state index in [2.05, 4.69) is 54.4 Å². The molecule has 244 valence electrons. The number of nitrogen functional groups attached to an aromatic ring is 1. The Hall–Kier alpha value is -2.91. The summed E-state index contributed by atoms with van der Waals surface area (Å²) in [4.78, 5) is 36.5. The first-order valence-electron chi connectivity index (χ1n) is 13.6. The van der Waals surface area contributed by atoms with E-state index in [0.29, 0.717) is 0 Å². The Kier molecular flexibility index (Phi) is 7.15. The van der Waals surface area contributed by atoms with Crippen LogP contribution in [0.3, 0.4) is 0 Å². The number of hydrogen-bond acceptors (Lipinski definition) is 15. The third-order valence-corrected chi connectivity index (χ3v) is 11.3. The number of aromatic amines is 1. The second kappa shape index (κ2) is 10.8. The van der Waals surface area contributed by atoms with Crippen LogP contribution in [0.15, 0.2) is 36.2 Å². The summed E-state index contributed by atoms with van der Waals surface area (Å²) < 4.78 is 75.7. The fraction of sp³-hybridized carbons (Fsp3) is 0.455. The van der Waals surface area contributed by atoms with Crippen LogP contribution in [0.25, 0.3) is 28.1 Å². The lowest BCUT2D eigenvalue weighted by Gasteiger charge is -2.29. The Balaban J connectivity index is 1.13. The zero-order chi connectivity index (χ0) is 32.1. The molecule has 2 aliphatic heterocycles. The van der Waals surface area contributed by atoms with Crippen molar-refractivity contribution in [2.75, 3.05) is 12.3 Å². The van der Waals surface area contributed by atoms with Crippen LogP contribution in [-0.2, 0) is 32.0 Å². The van der Waals surface area contributed by atoms with Gasteiger partial charge >= 0.3 is 13.6 Å². The van der Waals surface area contributed by atoms with Gasteiger partial charge in [0.05, 0.1) is 31.4 Å². The number of halogens is 1. The molecule has 5 aromatic heterocycles. The smallest absolute Gasteiger partial charge is 0.386 e. The van der Waals surface area contributed by atoms with Gasteiger partial charge in [0.15, 0.2) is 35.0 Å². The first kappa shape index (κ1) is 30.4. The van der Waals surface area contributed by atoms with Gasteiger partial charge in [-0.15, -0.1) is 0 Å². The summed E-state index contributed by atoms with van der Waals surface area (Å²) >= 11 is 8.19. The third-order valence-electron chi connectivity index (χ3n) is 8.10. The van der Waals surface area contributed by atoms with Crippen LogP contribution in [0.1, 0.15) is 18.7 Å². The number of imidazole rings is 3. The molecular weight excluding hydrogens is 693 g/mol. The highest BCUT2D eigenvalue weighted by Gasteiger charge is 2.55. The van der Waals surface area contributed by atoms with Crippen molar-refractivity contribution in [1.82, 2.24) is 43.4 Å². The molecule has 7 heterocycles. The molecule has 2 saturated heterocycles. The molecule has 1 aliphatic carbocycles. The number of nitrogens with one attached hydrogen (secondary N) is 1. The molecule has 24 heteroatoms. The summed E-state index contributed by atoms with van der Waals surface area (Å²) in [5.41, 5.74) is 5.87. The highest BCUT2D eigenvalue weighted by Crippen LogP contribution is 2.62. The second-order valence-electron chi connectivity index (χ2n) is 10.8. The Bertz CT molecular complexity index is 2160. The largest absolute Gasteiger partial charge is 0.388 e. The number of hydrogen-bond donors (Lipinski definition) is 5. The van der Waals surface area contributed by atoms with Crippen molar-refractivity contribution in [2.24, 2.45) is 0 Å². The molecule has 19 nitrogen and oxygen atoms in total. The predicted molar refractivity (Wildman–Crippen MR) is 161 cm³/mol. The van der Waals surface area contributed by atoms with Crippen LogP contribution in [0.4, 0.5) is 10.2 Å². The molecule has 10 atom stereocenters. The third kappa shape index (κ3) is 4.90. The lowest BCUT2D eigenvalue weighted by molar-refractivity contribution is -0.0519. The quantitative estimate of drug-likeness (QED) is 0.129. The van der Waals surface area contributed by atoms with Gasteiger partial charge in [-0.3, -0.25) is 31.9 Å². The van der Waals surface area contributed by atoms with Crippen LogP contribution in [0, 0.1) is 0 Å². The van der Waals surface area contributed by atoms with Gasteiger partial charge in [0, 0.05) is 18.8 Å². The molecule has 1 saturated carbocycles. The topological polar surface area (TPSA) is 238 Å². The van der Waals surface area contributed by atoms with E-state index in [4.69, 9.17) is 28.6 Å². The first-order chi connectivity index (χ1) is 21.9. The maximum atomic E-state index is 16.1. The minimum Gasteiger partial charge on any atom is -0.388 e. The molecule has 2 bridgehead atoms. The Morgan fingerprint density at radius 2 is 1.76 bits per heavy atom. The van der Waals surface area contributed by atoms with Crippen molar-refractivity contribution < 1.29 is 41.5 Å². The average Bonchev–Trinajstić information content (AvgIpc) is 3.82. The number of nitrogens with zero attached hydrogens (tertiary/aromatic N) is 8. The number of aromatic nitrogens is 9. The van der Waals surface area contributed by atoms with Crippen LogP contribution >= 0.6 is 38.1 Å². The van der Waals surface area contributed by atoms with E-state index in [1.54, 1.807) is 0 Å². The van der Waals surface area contributed by atoms with Gasteiger partial charge in [-0.25, -0.2) is 33.5 Å². The normalized spacial score (nSPS) is 37.0. The van der Waals surface area contributed by atoms with E-state index in [-0.39, 0.29) is 40.3 Å². The molecule has 5 aromatic rings. The van der Waals surface area contributed by atoms with Gasteiger partial charge in [0.2, 0.25) is 5.78 Å². The van der Waals surface area contributed by atoms with Gasteiger partial charge in [0.1, 0.15) is 36.3 Å². The zero-order valence-corrected chi connectivity index (χ0v) is 26.5. The Morgan fingerprint density at radius 1 is 1.00 bits per heavy atom. The molecular formula is C22H23FN10O9P2S2. The van der Waals surface area contributed by atoms with Crippen molar-refractivity contribution in [3.63, 3.8) is 0 Å². The number of aliphatic hydroxyl groups is 1. The molecule has 3 unspecified atom stereocenters. The van der Waals surface area contributed by atoms with Crippen molar-refractivity contribution >= 4 is 72.0 Å². The van der Waals surface area contributed by atoms with Crippen molar-refractivity contribution in [3.05, 3.63) is 41.7 Å². The molecule has 0 amide bonds. The monoisotopic (exact) mass is 716 g/mol. The van der Waals surface area contributed by atoms with E-state index in [1.165, 1.54) is 44.9 Å².